The van der Waals surface area contributed by atoms with Gasteiger partial charge in [0.1, 0.15) is 0 Å². The van der Waals surface area contributed by atoms with E-state index in [1.165, 1.54) is 0 Å². The van der Waals surface area contributed by atoms with Crippen LogP contribution in [0.3, 0.4) is 0 Å². The zero-order valence-electron chi connectivity index (χ0n) is 8.61. The maximum Gasteiger partial charge on any atom is 0.303 e. The van der Waals surface area contributed by atoms with Gasteiger partial charge in [-0.3, -0.25) is 14.5 Å². The maximum absolute atomic E-state index is 11.3. The van der Waals surface area contributed by atoms with E-state index in [1.807, 2.05) is 4.90 Å². The van der Waals surface area contributed by atoms with Crippen LogP contribution in [0, 0.1) is 0 Å². The standard InChI is InChI=1S/C9H17N3O3/c10-7-4-12(5-7)6-8(13)11-3-1-2-9(14)15/h7H,1-6,10H2,(H,11,13)(H,14,15). The van der Waals surface area contributed by atoms with Gasteiger partial charge < -0.3 is 16.2 Å². The van der Waals surface area contributed by atoms with Crippen molar-refractivity contribution in [2.45, 2.75) is 18.9 Å². The molecule has 0 aromatic rings. The van der Waals surface area contributed by atoms with E-state index in [0.717, 1.165) is 13.1 Å². The molecule has 1 rings (SSSR count). The lowest BCUT2D eigenvalue weighted by Gasteiger charge is -2.36. The van der Waals surface area contributed by atoms with Gasteiger partial charge in [0.25, 0.3) is 0 Å². The summed E-state index contributed by atoms with van der Waals surface area (Å²) < 4.78 is 0. The molecule has 1 aliphatic rings. The number of carboxylic acids is 1. The molecule has 86 valence electrons. The summed E-state index contributed by atoms with van der Waals surface area (Å²) in [6, 6.07) is 0.199. The third-order valence-corrected chi connectivity index (χ3v) is 2.24. The Morgan fingerprint density at radius 2 is 2.13 bits per heavy atom. The second kappa shape index (κ2) is 5.67. The Bertz CT molecular complexity index is 239. The number of nitrogens with two attached hydrogens (primary N) is 1. The minimum Gasteiger partial charge on any atom is -0.481 e. The summed E-state index contributed by atoms with van der Waals surface area (Å²) in [5.41, 5.74) is 5.56. The van der Waals surface area contributed by atoms with Crippen molar-refractivity contribution in [2.24, 2.45) is 5.73 Å². The number of rotatable bonds is 6. The molecule has 0 bridgehead atoms. The zero-order valence-corrected chi connectivity index (χ0v) is 8.61. The van der Waals surface area contributed by atoms with E-state index in [0.29, 0.717) is 19.5 Å². The van der Waals surface area contributed by atoms with Crippen molar-refractivity contribution in [3.8, 4) is 0 Å². The van der Waals surface area contributed by atoms with E-state index in [2.05, 4.69) is 5.32 Å². The normalized spacial score (nSPS) is 17.1. The number of likely N-dealkylation sites (tertiary alicyclic amines) is 1. The van der Waals surface area contributed by atoms with Gasteiger partial charge >= 0.3 is 5.97 Å². The van der Waals surface area contributed by atoms with Crippen LogP contribution in [0.1, 0.15) is 12.8 Å². The molecule has 1 aliphatic heterocycles. The first-order chi connectivity index (χ1) is 7.08. The average molecular weight is 215 g/mol. The molecular weight excluding hydrogens is 198 g/mol. The summed E-state index contributed by atoms with van der Waals surface area (Å²) in [7, 11) is 0. The van der Waals surface area contributed by atoms with E-state index in [-0.39, 0.29) is 18.4 Å². The molecule has 0 aliphatic carbocycles. The second-order valence-electron chi connectivity index (χ2n) is 3.80. The van der Waals surface area contributed by atoms with Gasteiger partial charge in [-0.2, -0.15) is 0 Å². The minimum atomic E-state index is -0.835. The molecule has 0 spiro atoms. The highest BCUT2D eigenvalue weighted by Gasteiger charge is 2.24. The number of nitrogens with zero attached hydrogens (tertiary/aromatic N) is 1. The monoisotopic (exact) mass is 215 g/mol. The fraction of sp³-hybridized carbons (Fsp3) is 0.778. The number of hydrogen-bond donors (Lipinski definition) is 3. The molecule has 0 radical (unpaired) electrons. The lowest BCUT2D eigenvalue weighted by atomic mass is 10.1. The molecule has 1 saturated heterocycles. The fourth-order valence-corrected chi connectivity index (χ4v) is 1.47. The topological polar surface area (TPSA) is 95.7 Å². The average Bonchev–Trinajstić information content (AvgIpc) is 2.10. The number of amides is 1. The Morgan fingerprint density at radius 1 is 1.47 bits per heavy atom. The number of carbonyl (C=O) groups excluding carboxylic acids is 1. The molecule has 0 unspecified atom stereocenters. The van der Waals surface area contributed by atoms with Gasteiger partial charge in [0.2, 0.25) is 5.91 Å². The summed E-state index contributed by atoms with van der Waals surface area (Å²) in [6.07, 6.45) is 0.565. The van der Waals surface area contributed by atoms with Crippen molar-refractivity contribution in [1.82, 2.24) is 10.2 Å². The number of aliphatic carboxylic acids is 1. The smallest absolute Gasteiger partial charge is 0.303 e. The summed E-state index contributed by atoms with van der Waals surface area (Å²) in [5, 5.41) is 11.0. The predicted octanol–water partition coefficient (Wildman–Crippen LogP) is -1.39. The fourth-order valence-electron chi connectivity index (χ4n) is 1.47. The lowest BCUT2D eigenvalue weighted by Crippen LogP contribution is -2.57. The number of carbonyl (C=O) groups is 2. The van der Waals surface area contributed by atoms with Gasteiger partial charge in [0, 0.05) is 32.1 Å². The van der Waals surface area contributed by atoms with E-state index in [1.54, 1.807) is 0 Å². The van der Waals surface area contributed by atoms with Gasteiger partial charge in [-0.25, -0.2) is 0 Å². The van der Waals surface area contributed by atoms with Crippen LogP contribution in [0.15, 0.2) is 0 Å². The minimum absolute atomic E-state index is 0.0627. The first kappa shape index (κ1) is 11.9. The van der Waals surface area contributed by atoms with Crippen molar-refractivity contribution in [1.29, 1.82) is 0 Å². The van der Waals surface area contributed by atoms with Gasteiger partial charge in [-0.1, -0.05) is 0 Å². The van der Waals surface area contributed by atoms with Gasteiger partial charge in [0.15, 0.2) is 0 Å². The Morgan fingerprint density at radius 3 is 2.67 bits per heavy atom. The Balaban J connectivity index is 1.97. The van der Waals surface area contributed by atoms with Crippen molar-refractivity contribution in [3.63, 3.8) is 0 Å². The summed E-state index contributed by atoms with van der Waals surface area (Å²) in [6.45, 7) is 2.32. The first-order valence-corrected chi connectivity index (χ1v) is 5.04. The summed E-state index contributed by atoms with van der Waals surface area (Å²) in [4.78, 5) is 23.4. The highest BCUT2D eigenvalue weighted by Crippen LogP contribution is 2.03. The van der Waals surface area contributed by atoms with Crippen molar-refractivity contribution >= 4 is 11.9 Å². The van der Waals surface area contributed by atoms with Crippen LogP contribution in [0.2, 0.25) is 0 Å². The maximum atomic E-state index is 11.3. The third-order valence-electron chi connectivity index (χ3n) is 2.24. The lowest BCUT2D eigenvalue weighted by molar-refractivity contribution is -0.137. The van der Waals surface area contributed by atoms with Crippen LogP contribution in [-0.2, 0) is 9.59 Å². The van der Waals surface area contributed by atoms with Crippen LogP contribution >= 0.6 is 0 Å². The van der Waals surface area contributed by atoms with Crippen LogP contribution in [0.25, 0.3) is 0 Å². The molecule has 0 aromatic heterocycles. The van der Waals surface area contributed by atoms with E-state index < -0.39 is 5.97 Å². The number of nitrogens with one attached hydrogen (secondary N) is 1. The zero-order chi connectivity index (χ0) is 11.3. The molecule has 1 fully saturated rings. The summed E-state index contributed by atoms with van der Waals surface area (Å²) in [5.74, 6) is -0.898. The molecule has 6 nitrogen and oxygen atoms in total. The molecule has 4 N–H and O–H groups in total. The molecule has 15 heavy (non-hydrogen) atoms. The quantitative estimate of drug-likeness (QED) is 0.474. The van der Waals surface area contributed by atoms with Gasteiger partial charge in [0.05, 0.1) is 6.54 Å². The SMILES string of the molecule is NC1CN(CC(=O)NCCCC(=O)O)C1. The first-order valence-electron chi connectivity index (χ1n) is 5.04. The van der Waals surface area contributed by atoms with E-state index in [4.69, 9.17) is 10.8 Å². The molecule has 0 aromatic carbocycles. The highest BCUT2D eigenvalue weighted by atomic mass is 16.4. The molecule has 1 heterocycles. The predicted molar refractivity (Wildman–Crippen MR) is 54.3 cm³/mol. The number of hydrogen-bond acceptors (Lipinski definition) is 4. The Hall–Kier alpha value is -1.14. The van der Waals surface area contributed by atoms with Crippen LogP contribution in [-0.4, -0.2) is 54.1 Å². The van der Waals surface area contributed by atoms with Crippen molar-refractivity contribution in [2.75, 3.05) is 26.2 Å². The molecule has 0 atom stereocenters. The number of carboxylic acid groups (broad SMARTS) is 1. The van der Waals surface area contributed by atoms with E-state index in [9.17, 15) is 9.59 Å². The third kappa shape index (κ3) is 4.75. The van der Waals surface area contributed by atoms with Crippen LogP contribution in [0.5, 0.6) is 0 Å². The highest BCUT2D eigenvalue weighted by molar-refractivity contribution is 5.78. The van der Waals surface area contributed by atoms with Crippen LogP contribution in [0.4, 0.5) is 0 Å². The van der Waals surface area contributed by atoms with Crippen molar-refractivity contribution < 1.29 is 14.7 Å². The Labute approximate surface area is 88.4 Å². The van der Waals surface area contributed by atoms with Crippen LogP contribution < -0.4 is 11.1 Å². The largest absolute Gasteiger partial charge is 0.481 e. The Kier molecular flexibility index (Phi) is 4.51. The molecule has 0 saturated carbocycles. The van der Waals surface area contributed by atoms with Gasteiger partial charge in [-0.15, -0.1) is 0 Å². The van der Waals surface area contributed by atoms with Gasteiger partial charge in [-0.05, 0) is 6.42 Å². The molecule has 6 heteroatoms. The summed E-state index contributed by atoms with van der Waals surface area (Å²) >= 11 is 0. The van der Waals surface area contributed by atoms with Crippen molar-refractivity contribution in [3.05, 3.63) is 0 Å². The molecular formula is C9H17N3O3. The molecule has 1 amide bonds. The van der Waals surface area contributed by atoms with E-state index >= 15 is 0 Å². The second-order valence-corrected chi connectivity index (χ2v) is 3.80.